The average molecular weight is 360 g/mol. The smallest absolute Gasteiger partial charge is 0.191 e. The van der Waals surface area contributed by atoms with E-state index in [-0.39, 0.29) is 0 Å². The van der Waals surface area contributed by atoms with Crippen molar-refractivity contribution in [1.29, 1.82) is 0 Å². The Morgan fingerprint density at radius 2 is 1.96 bits per heavy atom. The Labute approximate surface area is 155 Å². The van der Waals surface area contributed by atoms with Crippen LogP contribution in [0.2, 0.25) is 0 Å². The molecule has 2 rings (SSSR count). The van der Waals surface area contributed by atoms with E-state index in [1.807, 2.05) is 37.3 Å². The van der Waals surface area contributed by atoms with Crippen molar-refractivity contribution >= 4 is 17.3 Å². The van der Waals surface area contributed by atoms with E-state index < -0.39 is 5.60 Å². The Bertz CT molecular complexity index is 638. The van der Waals surface area contributed by atoms with Gasteiger partial charge in [0, 0.05) is 18.0 Å². The summed E-state index contributed by atoms with van der Waals surface area (Å²) >= 11 is 1.80. The second kappa shape index (κ2) is 9.59. The first kappa shape index (κ1) is 19.5. The lowest BCUT2D eigenvalue weighted by Crippen LogP contribution is -2.41. The van der Waals surface area contributed by atoms with Gasteiger partial charge in [-0.25, -0.2) is 4.99 Å². The van der Waals surface area contributed by atoms with Gasteiger partial charge in [-0.15, -0.1) is 11.3 Å². The van der Waals surface area contributed by atoms with Gasteiger partial charge in [-0.2, -0.15) is 0 Å². The molecule has 0 saturated heterocycles. The number of hydrogen-bond donors (Lipinski definition) is 3. The van der Waals surface area contributed by atoms with Gasteiger partial charge in [-0.1, -0.05) is 43.3 Å². The summed E-state index contributed by atoms with van der Waals surface area (Å²) in [6, 6.07) is 13.9. The lowest BCUT2D eigenvalue weighted by atomic mass is 9.96. The van der Waals surface area contributed by atoms with Crippen LogP contribution in [0.15, 0.2) is 52.8 Å². The minimum absolute atomic E-state index is 0.311. The highest BCUT2D eigenvalue weighted by atomic mass is 32.1. The van der Waals surface area contributed by atoms with Crippen LogP contribution in [0.3, 0.4) is 0 Å². The van der Waals surface area contributed by atoms with Crippen molar-refractivity contribution in [3.63, 3.8) is 0 Å². The average Bonchev–Trinajstić information content (AvgIpc) is 3.11. The maximum absolute atomic E-state index is 10.7. The number of nitrogens with zero attached hydrogens (tertiary/aromatic N) is 1. The van der Waals surface area contributed by atoms with Crippen LogP contribution in [-0.4, -0.2) is 30.7 Å². The fourth-order valence-electron chi connectivity index (χ4n) is 2.58. The summed E-state index contributed by atoms with van der Waals surface area (Å²) < 4.78 is 0. The summed E-state index contributed by atoms with van der Waals surface area (Å²) in [6.45, 7) is 8.02. The van der Waals surface area contributed by atoms with E-state index in [1.165, 1.54) is 4.88 Å². The number of nitrogens with one attached hydrogen (secondary N) is 2. The first-order chi connectivity index (χ1) is 12.0. The van der Waals surface area contributed by atoms with E-state index in [1.54, 1.807) is 18.3 Å². The molecule has 2 aromatic rings. The Morgan fingerprint density at radius 1 is 1.20 bits per heavy atom. The predicted octanol–water partition coefficient (Wildman–Crippen LogP) is 3.39. The molecule has 0 radical (unpaired) electrons. The molecule has 0 aliphatic rings. The normalized spacial score (nSPS) is 15.4. The van der Waals surface area contributed by atoms with Crippen LogP contribution in [0.25, 0.3) is 0 Å². The van der Waals surface area contributed by atoms with Crippen molar-refractivity contribution in [2.45, 2.75) is 32.8 Å². The highest BCUT2D eigenvalue weighted by Gasteiger charge is 2.22. The molecule has 1 aromatic heterocycles. The number of guanidine groups is 1. The molecule has 2 atom stereocenters. The van der Waals surface area contributed by atoms with Crippen LogP contribution >= 0.6 is 11.3 Å². The number of hydrogen-bond acceptors (Lipinski definition) is 3. The van der Waals surface area contributed by atoms with E-state index in [0.717, 1.165) is 31.0 Å². The quantitative estimate of drug-likeness (QED) is 0.500. The maximum atomic E-state index is 10.7. The van der Waals surface area contributed by atoms with Crippen molar-refractivity contribution in [3.8, 4) is 0 Å². The minimum Gasteiger partial charge on any atom is -0.384 e. The van der Waals surface area contributed by atoms with E-state index in [0.29, 0.717) is 12.5 Å². The van der Waals surface area contributed by atoms with Gasteiger partial charge in [0.05, 0.1) is 6.54 Å². The molecule has 0 amide bonds. The topological polar surface area (TPSA) is 56.7 Å². The van der Waals surface area contributed by atoms with E-state index in [4.69, 9.17) is 0 Å². The van der Waals surface area contributed by atoms with Crippen molar-refractivity contribution in [3.05, 3.63) is 58.3 Å². The van der Waals surface area contributed by atoms with Crippen LogP contribution in [-0.2, 0) is 12.0 Å². The molecule has 0 aliphatic carbocycles. The van der Waals surface area contributed by atoms with E-state index >= 15 is 0 Å². The molecule has 0 fully saturated rings. The zero-order valence-corrected chi connectivity index (χ0v) is 16.1. The highest BCUT2D eigenvalue weighted by molar-refractivity contribution is 7.09. The van der Waals surface area contributed by atoms with Gasteiger partial charge < -0.3 is 15.7 Å². The van der Waals surface area contributed by atoms with Crippen LogP contribution in [0, 0.1) is 5.92 Å². The molecular weight excluding hydrogens is 330 g/mol. The summed E-state index contributed by atoms with van der Waals surface area (Å²) in [4.78, 5) is 5.98. The molecule has 25 heavy (non-hydrogen) atoms. The van der Waals surface area contributed by atoms with Crippen molar-refractivity contribution in [1.82, 2.24) is 10.6 Å². The summed E-state index contributed by atoms with van der Waals surface area (Å²) in [6.07, 6.45) is 1.06. The Balaban J connectivity index is 1.91. The third-order valence-corrected chi connectivity index (χ3v) is 4.93. The molecular formula is C20H29N3OS. The second-order valence-corrected chi connectivity index (χ2v) is 7.64. The molecule has 1 aromatic carbocycles. The van der Waals surface area contributed by atoms with Gasteiger partial charge in [0.1, 0.15) is 5.60 Å². The maximum Gasteiger partial charge on any atom is 0.191 e. The van der Waals surface area contributed by atoms with Gasteiger partial charge in [0.15, 0.2) is 5.96 Å². The number of aliphatic imine (C=N–C) groups is 1. The second-order valence-electron chi connectivity index (χ2n) is 6.60. The first-order valence-corrected chi connectivity index (χ1v) is 9.71. The standard InChI is InChI=1S/C20H29N3OS/c1-4-21-19(22-14-16(2)13-18-11-8-12-25-18)23-15-20(3,24)17-9-6-5-7-10-17/h5-12,16,24H,4,13-15H2,1-3H3,(H2,21,22,23). The number of thiophene rings is 1. The van der Waals surface area contributed by atoms with Crippen molar-refractivity contribution in [2.75, 3.05) is 19.6 Å². The lowest BCUT2D eigenvalue weighted by Gasteiger charge is -2.23. The zero-order valence-electron chi connectivity index (χ0n) is 15.3. The molecule has 4 nitrogen and oxygen atoms in total. The number of benzene rings is 1. The molecule has 5 heteroatoms. The van der Waals surface area contributed by atoms with Crippen LogP contribution in [0.4, 0.5) is 0 Å². The van der Waals surface area contributed by atoms with Gasteiger partial charge in [0.2, 0.25) is 0 Å². The molecule has 1 heterocycles. The highest BCUT2D eigenvalue weighted by Crippen LogP contribution is 2.20. The molecule has 0 aliphatic heterocycles. The van der Waals surface area contributed by atoms with Crippen molar-refractivity contribution < 1.29 is 5.11 Å². The Hall–Kier alpha value is -1.85. The number of aliphatic hydroxyl groups is 1. The van der Waals surface area contributed by atoms with E-state index in [2.05, 4.69) is 40.1 Å². The SMILES string of the molecule is CCNC(=NCC(C)(O)c1ccccc1)NCC(C)Cc1cccs1. The third-order valence-electron chi connectivity index (χ3n) is 4.03. The third kappa shape index (κ3) is 6.52. The summed E-state index contributed by atoms with van der Waals surface area (Å²) in [5, 5.41) is 19.4. The summed E-state index contributed by atoms with van der Waals surface area (Å²) in [7, 11) is 0. The fraction of sp³-hybridized carbons (Fsp3) is 0.450. The van der Waals surface area contributed by atoms with Crippen molar-refractivity contribution in [2.24, 2.45) is 10.9 Å². The first-order valence-electron chi connectivity index (χ1n) is 8.83. The largest absolute Gasteiger partial charge is 0.384 e. The summed E-state index contributed by atoms with van der Waals surface area (Å²) in [5.41, 5.74) is -0.104. The lowest BCUT2D eigenvalue weighted by molar-refractivity contribution is 0.0672. The Kier molecular flexibility index (Phi) is 7.47. The summed E-state index contributed by atoms with van der Waals surface area (Å²) in [5.74, 6) is 1.26. The van der Waals surface area contributed by atoms with Crippen LogP contribution in [0.5, 0.6) is 0 Å². The number of rotatable bonds is 8. The molecule has 0 spiro atoms. The zero-order chi connectivity index (χ0) is 18.1. The van der Waals surface area contributed by atoms with Gasteiger partial charge in [0.25, 0.3) is 0 Å². The van der Waals surface area contributed by atoms with Crippen LogP contribution in [0.1, 0.15) is 31.2 Å². The van der Waals surface area contributed by atoms with Gasteiger partial charge in [-0.05, 0) is 43.2 Å². The monoisotopic (exact) mass is 359 g/mol. The molecule has 136 valence electrons. The molecule has 0 saturated carbocycles. The van der Waals surface area contributed by atoms with E-state index in [9.17, 15) is 5.11 Å². The Morgan fingerprint density at radius 3 is 2.60 bits per heavy atom. The fourth-order valence-corrected chi connectivity index (χ4v) is 3.45. The van der Waals surface area contributed by atoms with Gasteiger partial charge in [-0.3, -0.25) is 0 Å². The predicted molar refractivity (Wildman–Crippen MR) is 107 cm³/mol. The minimum atomic E-state index is -0.980. The molecule has 0 bridgehead atoms. The van der Waals surface area contributed by atoms with Gasteiger partial charge >= 0.3 is 0 Å². The molecule has 2 unspecified atom stereocenters. The molecule has 3 N–H and O–H groups in total. The van der Waals surface area contributed by atoms with Crippen LogP contribution < -0.4 is 10.6 Å².